The molecule has 2 heterocycles. The highest BCUT2D eigenvalue weighted by Gasteiger charge is 2.35. The van der Waals surface area contributed by atoms with Gasteiger partial charge in [-0.25, -0.2) is 4.79 Å². The first kappa shape index (κ1) is 14.3. The van der Waals surface area contributed by atoms with Gasteiger partial charge in [-0.05, 0) is 24.5 Å². The Morgan fingerprint density at radius 3 is 2.68 bits per heavy atom. The van der Waals surface area contributed by atoms with Crippen LogP contribution in [0.25, 0.3) is 11.3 Å². The fourth-order valence-corrected chi connectivity index (χ4v) is 2.86. The minimum Gasteiger partial charge on any atom is -0.480 e. The predicted molar refractivity (Wildman–Crippen MR) is 80.3 cm³/mol. The molecule has 0 spiro atoms. The number of hydrogen-bond acceptors (Lipinski definition) is 3. The number of carboxylic acids is 1. The van der Waals surface area contributed by atoms with Gasteiger partial charge in [-0.1, -0.05) is 30.3 Å². The lowest BCUT2D eigenvalue weighted by Crippen LogP contribution is -2.40. The summed E-state index contributed by atoms with van der Waals surface area (Å²) in [6, 6.07) is 10.6. The number of aryl methyl sites for hydroxylation is 1. The van der Waals surface area contributed by atoms with E-state index in [-0.39, 0.29) is 11.6 Å². The number of hydrogen-bond donors (Lipinski definition) is 1. The Morgan fingerprint density at radius 2 is 2.00 bits per heavy atom. The van der Waals surface area contributed by atoms with Gasteiger partial charge >= 0.3 is 5.97 Å². The maximum Gasteiger partial charge on any atom is 0.326 e. The molecule has 1 aliphatic heterocycles. The average molecular weight is 299 g/mol. The molecule has 1 atom stereocenters. The van der Waals surface area contributed by atoms with Crippen molar-refractivity contribution in [3.63, 3.8) is 0 Å². The molecule has 0 saturated carbocycles. The molecule has 0 radical (unpaired) electrons. The van der Waals surface area contributed by atoms with Gasteiger partial charge in [0.05, 0.1) is 5.69 Å². The standard InChI is InChI=1S/C16H17N3O3/c1-18-14(11-6-3-2-4-7-11)10-12(17-18)15(20)19-9-5-8-13(19)16(21)22/h2-4,6-7,10,13H,5,8-9H2,1H3,(H,21,22)/t13-/m0/s1. The third-order valence-corrected chi connectivity index (χ3v) is 3.97. The molecule has 6 heteroatoms. The van der Waals surface area contributed by atoms with E-state index >= 15 is 0 Å². The maximum atomic E-state index is 12.5. The van der Waals surface area contributed by atoms with Crippen molar-refractivity contribution in [3.8, 4) is 11.3 Å². The van der Waals surface area contributed by atoms with Crippen molar-refractivity contribution in [1.82, 2.24) is 14.7 Å². The van der Waals surface area contributed by atoms with Crippen molar-refractivity contribution in [2.45, 2.75) is 18.9 Å². The van der Waals surface area contributed by atoms with Gasteiger partial charge in [0.1, 0.15) is 6.04 Å². The normalized spacial score (nSPS) is 17.7. The number of aromatic nitrogens is 2. The van der Waals surface area contributed by atoms with Gasteiger partial charge in [-0.2, -0.15) is 5.10 Å². The molecule has 1 fully saturated rings. The highest BCUT2D eigenvalue weighted by Crippen LogP contribution is 2.23. The molecule has 2 aromatic rings. The van der Waals surface area contributed by atoms with E-state index in [9.17, 15) is 14.7 Å². The fourth-order valence-electron chi connectivity index (χ4n) is 2.86. The van der Waals surface area contributed by atoms with Crippen LogP contribution in [0.4, 0.5) is 0 Å². The summed E-state index contributed by atoms with van der Waals surface area (Å²) < 4.78 is 1.65. The first-order chi connectivity index (χ1) is 10.6. The number of rotatable bonds is 3. The zero-order valence-electron chi connectivity index (χ0n) is 12.3. The number of carbonyl (C=O) groups is 2. The number of carboxylic acid groups (broad SMARTS) is 1. The molecule has 1 aromatic carbocycles. The second-order valence-electron chi connectivity index (χ2n) is 5.40. The number of carbonyl (C=O) groups excluding carboxylic acids is 1. The quantitative estimate of drug-likeness (QED) is 0.937. The number of benzene rings is 1. The largest absolute Gasteiger partial charge is 0.480 e. The van der Waals surface area contributed by atoms with Crippen molar-refractivity contribution in [2.75, 3.05) is 6.54 Å². The van der Waals surface area contributed by atoms with Crippen LogP contribution in [0.1, 0.15) is 23.3 Å². The lowest BCUT2D eigenvalue weighted by atomic mass is 10.1. The third-order valence-electron chi connectivity index (χ3n) is 3.97. The third kappa shape index (κ3) is 2.47. The van der Waals surface area contributed by atoms with E-state index in [1.54, 1.807) is 17.8 Å². The Balaban J connectivity index is 1.90. The zero-order valence-corrected chi connectivity index (χ0v) is 12.3. The first-order valence-corrected chi connectivity index (χ1v) is 7.21. The Labute approximate surface area is 128 Å². The Morgan fingerprint density at radius 1 is 1.27 bits per heavy atom. The molecule has 114 valence electrons. The summed E-state index contributed by atoms with van der Waals surface area (Å²) >= 11 is 0. The van der Waals surface area contributed by atoms with Gasteiger partial charge in [-0.15, -0.1) is 0 Å². The molecule has 1 N–H and O–H groups in total. The average Bonchev–Trinajstić information content (AvgIpc) is 3.14. The van der Waals surface area contributed by atoms with Crippen LogP contribution >= 0.6 is 0 Å². The van der Waals surface area contributed by atoms with E-state index in [0.29, 0.717) is 19.4 Å². The Hall–Kier alpha value is -2.63. The Bertz CT molecular complexity index is 709. The van der Waals surface area contributed by atoms with Crippen molar-refractivity contribution in [2.24, 2.45) is 7.05 Å². The predicted octanol–water partition coefficient (Wildman–Crippen LogP) is 1.78. The molecular formula is C16H17N3O3. The molecule has 0 aliphatic carbocycles. The van der Waals surface area contributed by atoms with Gasteiger partial charge in [0.2, 0.25) is 0 Å². The van der Waals surface area contributed by atoms with Crippen LogP contribution in [0.3, 0.4) is 0 Å². The van der Waals surface area contributed by atoms with E-state index in [1.807, 2.05) is 30.3 Å². The molecule has 0 unspecified atom stereocenters. The second kappa shape index (κ2) is 5.63. The van der Waals surface area contributed by atoms with Crippen LogP contribution in [0.2, 0.25) is 0 Å². The van der Waals surface area contributed by atoms with Crippen LogP contribution in [0, 0.1) is 0 Å². The van der Waals surface area contributed by atoms with Crippen LogP contribution in [0.5, 0.6) is 0 Å². The highest BCUT2D eigenvalue weighted by atomic mass is 16.4. The van der Waals surface area contributed by atoms with E-state index in [1.165, 1.54) is 4.90 Å². The lowest BCUT2D eigenvalue weighted by Gasteiger charge is -2.19. The molecule has 6 nitrogen and oxygen atoms in total. The summed E-state index contributed by atoms with van der Waals surface area (Å²) in [5, 5.41) is 13.5. The fraction of sp³-hybridized carbons (Fsp3) is 0.312. The lowest BCUT2D eigenvalue weighted by molar-refractivity contribution is -0.141. The maximum absolute atomic E-state index is 12.5. The molecule has 1 amide bonds. The van der Waals surface area contributed by atoms with Crippen molar-refractivity contribution in [3.05, 3.63) is 42.1 Å². The summed E-state index contributed by atoms with van der Waals surface area (Å²) in [4.78, 5) is 25.2. The summed E-state index contributed by atoms with van der Waals surface area (Å²) in [6.45, 7) is 0.465. The molecule has 22 heavy (non-hydrogen) atoms. The Kier molecular flexibility index (Phi) is 3.66. The van der Waals surface area contributed by atoms with Gasteiger partial charge in [0, 0.05) is 13.6 Å². The summed E-state index contributed by atoms with van der Waals surface area (Å²) in [7, 11) is 1.78. The van der Waals surface area contributed by atoms with Crippen LogP contribution in [0.15, 0.2) is 36.4 Å². The molecule has 0 bridgehead atoms. The number of aliphatic carboxylic acids is 1. The highest BCUT2D eigenvalue weighted by molar-refractivity contribution is 5.96. The summed E-state index contributed by atoms with van der Waals surface area (Å²) in [6.07, 6.45) is 1.21. The number of likely N-dealkylation sites (tertiary alicyclic amines) is 1. The minimum atomic E-state index is -0.954. The second-order valence-corrected chi connectivity index (χ2v) is 5.40. The number of amides is 1. The topological polar surface area (TPSA) is 75.4 Å². The monoisotopic (exact) mass is 299 g/mol. The summed E-state index contributed by atoms with van der Waals surface area (Å²) in [5.41, 5.74) is 2.08. The molecule has 3 rings (SSSR count). The summed E-state index contributed by atoms with van der Waals surface area (Å²) in [5.74, 6) is -1.27. The van der Waals surface area contributed by atoms with Gasteiger partial charge in [0.25, 0.3) is 5.91 Å². The van der Waals surface area contributed by atoms with E-state index in [2.05, 4.69) is 5.10 Å². The van der Waals surface area contributed by atoms with Crippen molar-refractivity contribution >= 4 is 11.9 Å². The van der Waals surface area contributed by atoms with Gasteiger partial charge in [-0.3, -0.25) is 9.48 Å². The molecular weight excluding hydrogens is 282 g/mol. The van der Waals surface area contributed by atoms with E-state index in [0.717, 1.165) is 11.3 Å². The van der Waals surface area contributed by atoms with Crippen LogP contribution in [-0.2, 0) is 11.8 Å². The minimum absolute atomic E-state index is 0.287. The SMILES string of the molecule is Cn1nc(C(=O)N2CCC[C@H]2C(=O)O)cc1-c1ccccc1. The number of nitrogens with zero attached hydrogens (tertiary/aromatic N) is 3. The van der Waals surface area contributed by atoms with Crippen LogP contribution in [-0.4, -0.2) is 44.3 Å². The van der Waals surface area contributed by atoms with Crippen molar-refractivity contribution < 1.29 is 14.7 Å². The zero-order chi connectivity index (χ0) is 15.7. The molecule has 1 saturated heterocycles. The molecule has 1 aliphatic rings. The van der Waals surface area contributed by atoms with Gasteiger partial charge < -0.3 is 10.0 Å². The molecule has 1 aromatic heterocycles. The van der Waals surface area contributed by atoms with Crippen molar-refractivity contribution in [1.29, 1.82) is 0 Å². The van der Waals surface area contributed by atoms with Crippen LogP contribution < -0.4 is 0 Å². The van der Waals surface area contributed by atoms with E-state index < -0.39 is 12.0 Å². The first-order valence-electron chi connectivity index (χ1n) is 7.21. The van der Waals surface area contributed by atoms with E-state index in [4.69, 9.17) is 0 Å². The van der Waals surface area contributed by atoms with Gasteiger partial charge in [0.15, 0.2) is 5.69 Å². The smallest absolute Gasteiger partial charge is 0.326 e.